The molecule has 112 valence electrons. The Morgan fingerprint density at radius 3 is 2.67 bits per heavy atom. The fourth-order valence-corrected chi connectivity index (χ4v) is 2.85. The molecular formula is C17H20ClNO2. The predicted molar refractivity (Wildman–Crippen MR) is 86.2 cm³/mol. The van der Waals surface area contributed by atoms with Crippen LogP contribution in [0, 0.1) is 13.8 Å². The van der Waals surface area contributed by atoms with Crippen LogP contribution in [0.4, 0.5) is 0 Å². The van der Waals surface area contributed by atoms with Crippen LogP contribution in [0.15, 0.2) is 12.1 Å². The molecule has 0 bridgehead atoms. The maximum absolute atomic E-state index is 10.7. The lowest BCUT2D eigenvalue weighted by Gasteiger charge is -2.14. The van der Waals surface area contributed by atoms with Crippen molar-refractivity contribution in [1.29, 1.82) is 0 Å². The molecular weight excluding hydrogens is 286 g/mol. The number of carbonyl (C=O) groups is 1. The molecule has 0 amide bonds. The molecule has 1 heterocycles. The molecule has 0 aliphatic heterocycles. The molecule has 0 spiro atoms. The third-order valence-corrected chi connectivity index (χ3v) is 4.30. The molecule has 0 atom stereocenters. The maximum Gasteiger partial charge on any atom is 0.303 e. The SMILES string of the molecule is CCc1nc2cc(C)c(Cl)cc2c(CCCC(=O)O)c1C. The first-order valence-electron chi connectivity index (χ1n) is 7.24. The molecule has 0 saturated carbocycles. The first-order chi connectivity index (χ1) is 9.93. The summed E-state index contributed by atoms with van der Waals surface area (Å²) in [5.74, 6) is -0.754. The van der Waals surface area contributed by atoms with Crippen molar-refractivity contribution in [2.24, 2.45) is 0 Å². The highest BCUT2D eigenvalue weighted by Crippen LogP contribution is 2.29. The van der Waals surface area contributed by atoms with Gasteiger partial charge < -0.3 is 5.11 Å². The van der Waals surface area contributed by atoms with Crippen LogP contribution < -0.4 is 0 Å². The van der Waals surface area contributed by atoms with E-state index in [0.717, 1.165) is 45.6 Å². The van der Waals surface area contributed by atoms with Gasteiger partial charge in [0.15, 0.2) is 0 Å². The summed E-state index contributed by atoms with van der Waals surface area (Å²) in [4.78, 5) is 15.5. The Labute approximate surface area is 130 Å². The van der Waals surface area contributed by atoms with Crippen molar-refractivity contribution in [3.05, 3.63) is 39.5 Å². The van der Waals surface area contributed by atoms with Gasteiger partial charge in [0.25, 0.3) is 0 Å². The zero-order chi connectivity index (χ0) is 15.6. The second-order valence-electron chi connectivity index (χ2n) is 5.38. The number of aryl methyl sites for hydroxylation is 3. The largest absolute Gasteiger partial charge is 0.481 e. The molecule has 1 N–H and O–H groups in total. The summed E-state index contributed by atoms with van der Waals surface area (Å²) in [5.41, 5.74) is 5.38. The van der Waals surface area contributed by atoms with Gasteiger partial charge in [0.05, 0.1) is 5.52 Å². The van der Waals surface area contributed by atoms with Crippen LogP contribution >= 0.6 is 11.6 Å². The van der Waals surface area contributed by atoms with Crippen LogP contribution in [-0.2, 0) is 17.6 Å². The van der Waals surface area contributed by atoms with Crippen molar-refractivity contribution in [3.63, 3.8) is 0 Å². The molecule has 1 aromatic heterocycles. The summed E-state index contributed by atoms with van der Waals surface area (Å²) in [6, 6.07) is 3.97. The van der Waals surface area contributed by atoms with Crippen LogP contribution in [0.2, 0.25) is 5.02 Å². The smallest absolute Gasteiger partial charge is 0.303 e. The molecule has 2 rings (SSSR count). The number of hydrogen-bond acceptors (Lipinski definition) is 2. The number of rotatable bonds is 5. The molecule has 3 nitrogen and oxygen atoms in total. The van der Waals surface area contributed by atoms with Crippen LogP contribution in [0.3, 0.4) is 0 Å². The Kier molecular flexibility index (Phi) is 4.84. The summed E-state index contributed by atoms with van der Waals surface area (Å²) in [7, 11) is 0. The molecule has 0 aliphatic carbocycles. The van der Waals surface area contributed by atoms with Gasteiger partial charge in [-0.25, -0.2) is 0 Å². The summed E-state index contributed by atoms with van der Waals surface area (Å²) >= 11 is 6.25. The first kappa shape index (κ1) is 15.8. The molecule has 21 heavy (non-hydrogen) atoms. The van der Waals surface area contributed by atoms with Gasteiger partial charge in [0.1, 0.15) is 0 Å². The average molecular weight is 306 g/mol. The summed E-state index contributed by atoms with van der Waals surface area (Å²) < 4.78 is 0. The van der Waals surface area contributed by atoms with Crippen molar-refractivity contribution in [3.8, 4) is 0 Å². The number of fused-ring (bicyclic) bond motifs is 1. The van der Waals surface area contributed by atoms with E-state index in [2.05, 4.69) is 13.8 Å². The van der Waals surface area contributed by atoms with Gasteiger partial charge in [0.2, 0.25) is 0 Å². The van der Waals surface area contributed by atoms with E-state index >= 15 is 0 Å². The first-order valence-corrected chi connectivity index (χ1v) is 7.61. The third-order valence-electron chi connectivity index (χ3n) is 3.90. The van der Waals surface area contributed by atoms with Gasteiger partial charge in [-0.2, -0.15) is 0 Å². The monoisotopic (exact) mass is 305 g/mol. The molecule has 0 aliphatic rings. The number of nitrogens with zero attached hydrogens (tertiary/aromatic N) is 1. The van der Waals surface area contributed by atoms with E-state index in [4.69, 9.17) is 21.7 Å². The topological polar surface area (TPSA) is 50.2 Å². The highest BCUT2D eigenvalue weighted by atomic mass is 35.5. The van der Waals surface area contributed by atoms with Gasteiger partial charge in [-0.15, -0.1) is 0 Å². The van der Waals surface area contributed by atoms with Gasteiger partial charge in [-0.05, 0) is 61.9 Å². The fourth-order valence-electron chi connectivity index (χ4n) is 2.69. The van der Waals surface area contributed by atoms with Gasteiger partial charge in [0, 0.05) is 22.5 Å². The van der Waals surface area contributed by atoms with E-state index in [1.165, 1.54) is 5.56 Å². The predicted octanol–water partition coefficient (Wildman–Crippen LogP) is 4.47. The number of carboxylic acids is 1. The number of carboxylic acid groups (broad SMARTS) is 1. The lowest BCUT2D eigenvalue weighted by Crippen LogP contribution is -2.03. The number of aliphatic carboxylic acids is 1. The Morgan fingerprint density at radius 1 is 1.33 bits per heavy atom. The van der Waals surface area contributed by atoms with E-state index in [-0.39, 0.29) is 6.42 Å². The summed E-state index contributed by atoms with van der Waals surface area (Å²) in [5, 5.41) is 10.6. The molecule has 0 radical (unpaired) electrons. The fraction of sp³-hybridized carbons (Fsp3) is 0.412. The highest BCUT2D eigenvalue weighted by Gasteiger charge is 2.13. The van der Waals surface area contributed by atoms with Gasteiger partial charge in [-0.1, -0.05) is 18.5 Å². The minimum atomic E-state index is -0.754. The number of halogens is 1. The highest BCUT2D eigenvalue weighted by molar-refractivity contribution is 6.32. The molecule has 1 aromatic carbocycles. The Morgan fingerprint density at radius 2 is 2.05 bits per heavy atom. The molecule has 2 aromatic rings. The van der Waals surface area contributed by atoms with E-state index < -0.39 is 5.97 Å². The zero-order valence-corrected chi connectivity index (χ0v) is 13.4. The standard InChI is InChI=1S/C17H20ClNO2/c1-4-15-11(3)12(6-5-7-17(20)21)13-9-14(18)10(2)8-16(13)19-15/h8-9H,4-7H2,1-3H3,(H,20,21). The van der Waals surface area contributed by atoms with E-state index in [0.29, 0.717) is 6.42 Å². The Hall–Kier alpha value is -1.61. The van der Waals surface area contributed by atoms with Crippen molar-refractivity contribution in [1.82, 2.24) is 4.98 Å². The average Bonchev–Trinajstić information content (AvgIpc) is 2.43. The molecule has 4 heteroatoms. The minimum absolute atomic E-state index is 0.185. The van der Waals surface area contributed by atoms with Crippen molar-refractivity contribution >= 4 is 28.5 Å². The quantitative estimate of drug-likeness (QED) is 0.886. The zero-order valence-electron chi connectivity index (χ0n) is 12.7. The van der Waals surface area contributed by atoms with Crippen LogP contribution in [0.25, 0.3) is 10.9 Å². The van der Waals surface area contributed by atoms with E-state index in [1.807, 2.05) is 19.1 Å². The summed E-state index contributed by atoms with van der Waals surface area (Å²) in [6.45, 7) is 6.12. The lowest BCUT2D eigenvalue weighted by atomic mass is 9.95. The molecule has 0 saturated heterocycles. The van der Waals surface area contributed by atoms with Crippen molar-refractivity contribution in [2.75, 3.05) is 0 Å². The van der Waals surface area contributed by atoms with Gasteiger partial charge >= 0.3 is 5.97 Å². The number of pyridine rings is 1. The molecule has 0 unspecified atom stereocenters. The number of aromatic nitrogens is 1. The minimum Gasteiger partial charge on any atom is -0.481 e. The molecule has 0 fully saturated rings. The second kappa shape index (κ2) is 6.44. The Balaban J connectivity index is 2.55. The number of benzene rings is 1. The van der Waals surface area contributed by atoms with Crippen LogP contribution in [0.5, 0.6) is 0 Å². The summed E-state index contributed by atoms with van der Waals surface area (Å²) in [6.07, 6.45) is 2.42. The van der Waals surface area contributed by atoms with Crippen LogP contribution in [0.1, 0.15) is 42.1 Å². The normalized spacial score (nSPS) is 11.0. The number of hydrogen-bond donors (Lipinski definition) is 1. The maximum atomic E-state index is 10.7. The van der Waals surface area contributed by atoms with E-state index in [1.54, 1.807) is 0 Å². The van der Waals surface area contributed by atoms with Gasteiger partial charge in [-0.3, -0.25) is 9.78 Å². The van der Waals surface area contributed by atoms with E-state index in [9.17, 15) is 4.79 Å². The van der Waals surface area contributed by atoms with Crippen molar-refractivity contribution in [2.45, 2.75) is 46.5 Å². The third kappa shape index (κ3) is 3.35. The van der Waals surface area contributed by atoms with Crippen LogP contribution in [-0.4, -0.2) is 16.1 Å². The van der Waals surface area contributed by atoms with Crippen molar-refractivity contribution < 1.29 is 9.90 Å². The Bertz CT molecular complexity index is 695. The lowest BCUT2D eigenvalue weighted by molar-refractivity contribution is -0.137. The second-order valence-corrected chi connectivity index (χ2v) is 5.79.